The van der Waals surface area contributed by atoms with Gasteiger partial charge in [-0.2, -0.15) is 0 Å². The van der Waals surface area contributed by atoms with E-state index in [1.54, 1.807) is 12.1 Å². The summed E-state index contributed by atoms with van der Waals surface area (Å²) in [7, 11) is 0. The molecule has 1 atom stereocenters. The Morgan fingerprint density at radius 3 is 2.29 bits per heavy atom. The number of nitrogens with zero attached hydrogens (tertiary/aromatic N) is 1. The van der Waals surface area contributed by atoms with E-state index in [0.29, 0.717) is 13.0 Å². The van der Waals surface area contributed by atoms with Crippen LogP contribution < -0.4 is 10.5 Å². The molecule has 2 N–H and O–H groups in total. The summed E-state index contributed by atoms with van der Waals surface area (Å²) in [5.74, 6) is 0.793. The number of benzene rings is 2. The first-order valence-electron chi connectivity index (χ1n) is 6.78. The fraction of sp³-hybridized carbons (Fsp3) is 0.250. The predicted molar refractivity (Wildman–Crippen MR) is 81.3 cm³/mol. The Morgan fingerprint density at radius 2 is 1.76 bits per heavy atom. The van der Waals surface area contributed by atoms with Crippen LogP contribution in [0.15, 0.2) is 48.5 Å². The Bertz CT molecular complexity index is 592. The van der Waals surface area contributed by atoms with Crippen molar-refractivity contribution in [3.63, 3.8) is 0 Å². The molecule has 110 valence electrons. The molecule has 0 saturated carbocycles. The van der Waals surface area contributed by atoms with Crippen molar-refractivity contribution in [1.82, 2.24) is 0 Å². The first-order valence-corrected chi connectivity index (χ1v) is 6.78. The molecule has 2 aromatic carbocycles. The molecule has 0 saturated heterocycles. The Morgan fingerprint density at radius 1 is 1.14 bits per heavy atom. The highest BCUT2D eigenvalue weighted by molar-refractivity contribution is 5.33. The zero-order valence-electron chi connectivity index (χ0n) is 11.9. The Hall–Kier alpha value is -2.40. The van der Waals surface area contributed by atoms with Gasteiger partial charge in [0.15, 0.2) is 0 Å². The standard InChI is InChI=1S/C16H18N2O3/c1-12(17)14-4-8-16(9-5-14)21-11-10-13-2-6-15(7-3-13)18(19)20/h2-9,12H,10-11,17H2,1H3/t12-/m1/s1. The van der Waals surface area contributed by atoms with Crippen molar-refractivity contribution >= 4 is 5.69 Å². The van der Waals surface area contributed by atoms with Gasteiger partial charge in [-0.15, -0.1) is 0 Å². The summed E-state index contributed by atoms with van der Waals surface area (Å²) >= 11 is 0. The van der Waals surface area contributed by atoms with Gasteiger partial charge in [-0.3, -0.25) is 10.1 Å². The second-order valence-electron chi connectivity index (χ2n) is 4.88. The molecule has 0 radical (unpaired) electrons. The summed E-state index contributed by atoms with van der Waals surface area (Å²) in [6.45, 7) is 2.46. The van der Waals surface area contributed by atoms with E-state index in [4.69, 9.17) is 10.5 Å². The molecular formula is C16H18N2O3. The summed E-state index contributed by atoms with van der Waals surface area (Å²) in [5.41, 5.74) is 7.96. The predicted octanol–water partition coefficient (Wildman–Crippen LogP) is 3.24. The van der Waals surface area contributed by atoms with Crippen molar-refractivity contribution in [2.45, 2.75) is 19.4 Å². The Labute approximate surface area is 123 Å². The first kappa shape index (κ1) is 15.0. The molecule has 0 heterocycles. The fourth-order valence-electron chi connectivity index (χ4n) is 1.94. The van der Waals surface area contributed by atoms with E-state index >= 15 is 0 Å². The van der Waals surface area contributed by atoms with Crippen LogP contribution >= 0.6 is 0 Å². The van der Waals surface area contributed by atoms with Crippen molar-refractivity contribution in [3.8, 4) is 5.75 Å². The maximum absolute atomic E-state index is 10.6. The number of nitro benzene ring substituents is 1. The molecule has 0 spiro atoms. The summed E-state index contributed by atoms with van der Waals surface area (Å²) in [5, 5.41) is 10.6. The number of rotatable bonds is 6. The molecular weight excluding hydrogens is 268 g/mol. The van der Waals surface area contributed by atoms with Crippen LogP contribution in [-0.2, 0) is 6.42 Å². The summed E-state index contributed by atoms with van der Waals surface area (Å²) < 4.78 is 5.65. The van der Waals surface area contributed by atoms with Gasteiger partial charge in [0, 0.05) is 24.6 Å². The topological polar surface area (TPSA) is 78.4 Å². The van der Waals surface area contributed by atoms with E-state index in [0.717, 1.165) is 16.9 Å². The number of nitro groups is 1. The fourth-order valence-corrected chi connectivity index (χ4v) is 1.94. The van der Waals surface area contributed by atoms with E-state index in [-0.39, 0.29) is 11.7 Å². The molecule has 0 aliphatic heterocycles. The lowest BCUT2D eigenvalue weighted by atomic mass is 10.1. The van der Waals surface area contributed by atoms with Gasteiger partial charge in [0.05, 0.1) is 11.5 Å². The molecule has 5 heteroatoms. The zero-order chi connectivity index (χ0) is 15.2. The lowest BCUT2D eigenvalue weighted by Gasteiger charge is -2.09. The number of ether oxygens (including phenoxy) is 1. The maximum Gasteiger partial charge on any atom is 0.269 e. The molecule has 2 rings (SSSR count). The minimum Gasteiger partial charge on any atom is -0.493 e. The van der Waals surface area contributed by atoms with Gasteiger partial charge in [0.25, 0.3) is 5.69 Å². The van der Waals surface area contributed by atoms with Crippen LogP contribution in [0, 0.1) is 10.1 Å². The smallest absolute Gasteiger partial charge is 0.269 e. The van der Waals surface area contributed by atoms with Gasteiger partial charge in [-0.1, -0.05) is 24.3 Å². The average Bonchev–Trinajstić information content (AvgIpc) is 2.48. The van der Waals surface area contributed by atoms with Gasteiger partial charge < -0.3 is 10.5 Å². The third-order valence-electron chi connectivity index (χ3n) is 3.21. The summed E-state index contributed by atoms with van der Waals surface area (Å²) in [6, 6.07) is 14.2. The van der Waals surface area contributed by atoms with E-state index in [2.05, 4.69) is 0 Å². The van der Waals surface area contributed by atoms with Gasteiger partial charge in [-0.05, 0) is 30.2 Å². The van der Waals surface area contributed by atoms with Crippen molar-refractivity contribution in [3.05, 3.63) is 69.8 Å². The van der Waals surface area contributed by atoms with E-state index in [1.807, 2.05) is 31.2 Å². The first-order chi connectivity index (χ1) is 10.1. The molecule has 0 aromatic heterocycles. The van der Waals surface area contributed by atoms with E-state index < -0.39 is 4.92 Å². The summed E-state index contributed by atoms with van der Waals surface area (Å²) in [4.78, 5) is 10.2. The maximum atomic E-state index is 10.6. The van der Waals surface area contributed by atoms with Crippen LogP contribution in [-0.4, -0.2) is 11.5 Å². The van der Waals surface area contributed by atoms with E-state index in [1.165, 1.54) is 12.1 Å². The number of non-ortho nitro benzene ring substituents is 1. The van der Waals surface area contributed by atoms with Crippen LogP contribution in [0.25, 0.3) is 0 Å². The Balaban J connectivity index is 1.85. The number of hydrogen-bond acceptors (Lipinski definition) is 4. The molecule has 5 nitrogen and oxygen atoms in total. The zero-order valence-corrected chi connectivity index (χ0v) is 11.9. The van der Waals surface area contributed by atoms with E-state index in [9.17, 15) is 10.1 Å². The van der Waals surface area contributed by atoms with Gasteiger partial charge >= 0.3 is 0 Å². The molecule has 0 amide bonds. The largest absolute Gasteiger partial charge is 0.493 e. The van der Waals surface area contributed by atoms with Crippen molar-refractivity contribution in [2.75, 3.05) is 6.61 Å². The highest BCUT2D eigenvalue weighted by Crippen LogP contribution is 2.17. The number of nitrogens with two attached hydrogens (primary N) is 1. The van der Waals surface area contributed by atoms with Crippen LogP contribution in [0.2, 0.25) is 0 Å². The molecule has 2 aromatic rings. The van der Waals surface area contributed by atoms with Crippen LogP contribution in [0.4, 0.5) is 5.69 Å². The quantitative estimate of drug-likeness (QED) is 0.653. The molecule has 0 aliphatic carbocycles. The molecule has 21 heavy (non-hydrogen) atoms. The lowest BCUT2D eigenvalue weighted by molar-refractivity contribution is -0.384. The highest BCUT2D eigenvalue weighted by atomic mass is 16.6. The second-order valence-corrected chi connectivity index (χ2v) is 4.88. The second kappa shape index (κ2) is 6.85. The molecule has 0 aliphatic rings. The van der Waals surface area contributed by atoms with Crippen molar-refractivity contribution in [2.24, 2.45) is 5.73 Å². The van der Waals surface area contributed by atoms with Gasteiger partial charge in [0.2, 0.25) is 0 Å². The third kappa shape index (κ3) is 4.29. The van der Waals surface area contributed by atoms with Crippen LogP contribution in [0.3, 0.4) is 0 Å². The van der Waals surface area contributed by atoms with Gasteiger partial charge in [0.1, 0.15) is 5.75 Å². The molecule has 0 bridgehead atoms. The average molecular weight is 286 g/mol. The molecule has 0 unspecified atom stereocenters. The SMILES string of the molecule is C[C@@H](N)c1ccc(OCCc2ccc([N+](=O)[O-])cc2)cc1. The highest BCUT2D eigenvalue weighted by Gasteiger charge is 2.04. The lowest BCUT2D eigenvalue weighted by Crippen LogP contribution is -2.05. The minimum absolute atomic E-state index is 0.0131. The minimum atomic E-state index is -0.403. The van der Waals surface area contributed by atoms with Gasteiger partial charge in [-0.25, -0.2) is 0 Å². The normalized spacial score (nSPS) is 11.9. The van der Waals surface area contributed by atoms with Crippen molar-refractivity contribution in [1.29, 1.82) is 0 Å². The summed E-state index contributed by atoms with van der Waals surface area (Å²) in [6.07, 6.45) is 0.701. The Kier molecular flexibility index (Phi) is 4.90. The monoisotopic (exact) mass is 286 g/mol. The number of hydrogen-bond donors (Lipinski definition) is 1. The van der Waals surface area contributed by atoms with Crippen LogP contribution in [0.5, 0.6) is 5.75 Å². The van der Waals surface area contributed by atoms with Crippen molar-refractivity contribution < 1.29 is 9.66 Å². The third-order valence-corrected chi connectivity index (χ3v) is 3.21. The molecule has 0 fully saturated rings. The van der Waals surface area contributed by atoms with Crippen LogP contribution in [0.1, 0.15) is 24.1 Å².